The van der Waals surface area contributed by atoms with Crippen LogP contribution in [0.15, 0.2) is 53.2 Å². The van der Waals surface area contributed by atoms with Gasteiger partial charge in [-0.1, -0.05) is 24.3 Å². The largest absolute Gasteiger partial charge is 0.416 e. The molecule has 2 aromatic carbocycles. The molecule has 0 atom stereocenters. The Morgan fingerprint density at radius 2 is 1.65 bits per heavy atom. The first kappa shape index (κ1) is 30.1. The van der Waals surface area contributed by atoms with Crippen LogP contribution in [0, 0.1) is 12.8 Å². The lowest BCUT2D eigenvalue weighted by molar-refractivity contribution is -0.787. The van der Waals surface area contributed by atoms with E-state index in [1.807, 2.05) is 24.0 Å². The van der Waals surface area contributed by atoms with E-state index < -0.39 is 23.7 Å². The van der Waals surface area contributed by atoms with Crippen LogP contribution in [0.25, 0.3) is 0 Å². The number of aryl methyl sites for hydroxylation is 1. The Kier molecular flexibility index (Phi) is 8.97. The molecule has 0 bridgehead atoms. The summed E-state index contributed by atoms with van der Waals surface area (Å²) in [6, 6.07) is 9.20. The van der Waals surface area contributed by atoms with Crippen LogP contribution in [0.2, 0.25) is 0 Å². The maximum atomic E-state index is 13.6. The topological polar surface area (TPSA) is 120 Å². The van der Waals surface area contributed by atoms with E-state index >= 15 is 0 Å². The number of carbonyl (C=O) groups is 3. The van der Waals surface area contributed by atoms with E-state index in [1.54, 1.807) is 16.8 Å². The summed E-state index contributed by atoms with van der Waals surface area (Å²) in [5, 5.41) is 11.3. The molecule has 1 aliphatic carbocycles. The van der Waals surface area contributed by atoms with E-state index in [2.05, 4.69) is 21.2 Å². The third-order valence-electron chi connectivity index (χ3n) is 7.97. The number of urea groups is 1. The van der Waals surface area contributed by atoms with Gasteiger partial charge in [-0.05, 0) is 66.6 Å². The van der Waals surface area contributed by atoms with Gasteiger partial charge in [0.2, 0.25) is 17.1 Å². The Bertz CT molecular complexity index is 1480. The van der Waals surface area contributed by atoms with Crippen LogP contribution < -0.4 is 20.6 Å². The number of carbonyl (C=O) groups excluding carboxylic acids is 3. The number of aromatic nitrogens is 2. The Balaban J connectivity index is 1.18. The van der Waals surface area contributed by atoms with Crippen molar-refractivity contribution in [2.45, 2.75) is 64.1 Å². The zero-order valence-electron chi connectivity index (χ0n) is 23.7. The molecule has 2 aliphatic rings. The standard InChI is InChI=1S/C30H33F3N6O4/c1-19-6-2-3-7-21(19)14-26(40)34-23-15-22(30(31,32)33)16-24(17-23)35-29(42)36-27-18-39(37-43-27)25-10-8-20(9-11-25)28(41)38-12-4-5-13-38/h2-3,6-7,15-18,20,25H,4-5,8-14H2,1H3,(H2-,34,35,36,37,40,42)/p+1. The number of nitrogens with zero attached hydrogens (tertiary/aromatic N) is 3. The second kappa shape index (κ2) is 12.8. The van der Waals surface area contributed by atoms with E-state index in [0.29, 0.717) is 0 Å². The molecule has 228 valence electrons. The number of alkyl halides is 3. The number of hydrogen-bond acceptors (Lipinski definition) is 5. The highest BCUT2D eigenvalue weighted by Gasteiger charge is 2.36. The second-order valence-electron chi connectivity index (χ2n) is 11.1. The van der Waals surface area contributed by atoms with Crippen molar-refractivity contribution in [1.82, 2.24) is 10.2 Å². The van der Waals surface area contributed by atoms with Gasteiger partial charge in [-0.25, -0.2) is 4.79 Å². The summed E-state index contributed by atoms with van der Waals surface area (Å²) in [6.07, 6.45) is 1.83. The number of nitrogens with one attached hydrogen (secondary N) is 3. The molecular weight excluding hydrogens is 565 g/mol. The van der Waals surface area contributed by atoms with E-state index in [9.17, 15) is 27.6 Å². The summed E-state index contributed by atoms with van der Waals surface area (Å²) >= 11 is 0. The minimum absolute atomic E-state index is 0.000649. The summed E-state index contributed by atoms with van der Waals surface area (Å²) in [4.78, 5) is 39.9. The molecule has 1 saturated carbocycles. The zero-order valence-corrected chi connectivity index (χ0v) is 23.7. The molecule has 3 aromatic rings. The van der Waals surface area contributed by atoms with Gasteiger partial charge < -0.3 is 15.5 Å². The smallest absolute Gasteiger partial charge is 0.342 e. The van der Waals surface area contributed by atoms with Gasteiger partial charge in [-0.3, -0.25) is 19.4 Å². The molecular formula is C30H34F3N6O4+. The summed E-state index contributed by atoms with van der Waals surface area (Å²) in [5.41, 5.74) is 0.312. The van der Waals surface area contributed by atoms with Crippen molar-refractivity contribution in [2.75, 3.05) is 29.0 Å². The molecule has 5 rings (SSSR count). The molecule has 4 amide bonds. The van der Waals surface area contributed by atoms with E-state index in [0.717, 1.165) is 74.9 Å². The van der Waals surface area contributed by atoms with Crippen LogP contribution in [0.5, 0.6) is 0 Å². The predicted octanol–water partition coefficient (Wildman–Crippen LogP) is 5.47. The summed E-state index contributed by atoms with van der Waals surface area (Å²) in [5.74, 6) is -0.255. The lowest BCUT2D eigenvalue weighted by Crippen LogP contribution is -2.44. The molecule has 0 radical (unpaired) electrons. The highest BCUT2D eigenvalue weighted by Crippen LogP contribution is 2.34. The normalized spacial score (nSPS) is 18.7. The molecule has 1 aromatic heterocycles. The van der Waals surface area contributed by atoms with Crippen molar-refractivity contribution < 1.29 is 36.8 Å². The number of rotatable bonds is 7. The van der Waals surface area contributed by atoms with Crippen LogP contribution in [0.1, 0.15) is 61.3 Å². The fourth-order valence-corrected chi connectivity index (χ4v) is 5.67. The fraction of sp³-hybridized carbons (Fsp3) is 0.433. The van der Waals surface area contributed by atoms with E-state index in [1.165, 1.54) is 12.3 Å². The number of anilines is 3. The van der Waals surface area contributed by atoms with Crippen LogP contribution in [-0.4, -0.2) is 41.1 Å². The predicted molar refractivity (Wildman–Crippen MR) is 151 cm³/mol. The van der Waals surface area contributed by atoms with Crippen molar-refractivity contribution in [3.05, 3.63) is 65.4 Å². The van der Waals surface area contributed by atoms with Crippen molar-refractivity contribution in [3.8, 4) is 0 Å². The van der Waals surface area contributed by atoms with Gasteiger partial charge in [-0.15, -0.1) is 0 Å². The molecule has 0 spiro atoms. The van der Waals surface area contributed by atoms with Gasteiger partial charge >= 0.3 is 18.1 Å². The first-order valence-corrected chi connectivity index (χ1v) is 14.4. The maximum absolute atomic E-state index is 13.6. The number of amides is 4. The first-order valence-electron chi connectivity index (χ1n) is 14.4. The lowest BCUT2D eigenvalue weighted by Gasteiger charge is -2.27. The van der Waals surface area contributed by atoms with Gasteiger partial charge in [0.1, 0.15) is 0 Å². The molecule has 0 unspecified atom stereocenters. The minimum atomic E-state index is -4.71. The van der Waals surface area contributed by atoms with Crippen LogP contribution in [0.4, 0.5) is 35.2 Å². The number of likely N-dealkylation sites (tertiary alicyclic amines) is 1. The van der Waals surface area contributed by atoms with Crippen molar-refractivity contribution in [3.63, 3.8) is 0 Å². The van der Waals surface area contributed by atoms with Crippen molar-refractivity contribution in [2.24, 2.45) is 5.92 Å². The average Bonchev–Trinajstić information content (AvgIpc) is 3.66. The lowest BCUT2D eigenvalue weighted by atomic mass is 9.85. The second-order valence-corrected chi connectivity index (χ2v) is 11.1. The third kappa shape index (κ3) is 7.70. The van der Waals surface area contributed by atoms with Crippen molar-refractivity contribution in [1.29, 1.82) is 0 Å². The van der Waals surface area contributed by atoms with Crippen LogP contribution in [-0.2, 0) is 22.2 Å². The molecule has 3 N–H and O–H groups in total. The molecule has 43 heavy (non-hydrogen) atoms. The monoisotopic (exact) mass is 599 g/mol. The van der Waals surface area contributed by atoms with Gasteiger partial charge in [0.05, 0.1) is 12.0 Å². The summed E-state index contributed by atoms with van der Waals surface area (Å²) in [6.45, 7) is 3.50. The van der Waals surface area contributed by atoms with Gasteiger partial charge in [0.15, 0.2) is 6.04 Å². The Hall–Kier alpha value is -4.42. The van der Waals surface area contributed by atoms with Crippen molar-refractivity contribution >= 4 is 35.1 Å². The molecule has 1 aliphatic heterocycles. The SMILES string of the molecule is Cc1ccccc1CC(=O)Nc1cc(NC(=O)Nc2c[n+](C3CCC(C(=O)N4CCCC4)CC3)no2)cc(C(F)(F)F)c1. The maximum Gasteiger partial charge on any atom is 0.416 e. The number of benzene rings is 2. The van der Waals surface area contributed by atoms with Crippen LogP contribution >= 0.6 is 0 Å². The fourth-order valence-electron chi connectivity index (χ4n) is 5.67. The molecule has 10 nitrogen and oxygen atoms in total. The number of halogens is 3. The molecule has 2 fully saturated rings. The Labute approximate surface area is 246 Å². The zero-order chi connectivity index (χ0) is 30.6. The quantitative estimate of drug-likeness (QED) is 0.311. The summed E-state index contributed by atoms with van der Waals surface area (Å²) in [7, 11) is 0. The van der Waals surface area contributed by atoms with Gasteiger partial charge in [-0.2, -0.15) is 13.2 Å². The Morgan fingerprint density at radius 3 is 2.33 bits per heavy atom. The Morgan fingerprint density at radius 1 is 0.977 bits per heavy atom. The highest BCUT2D eigenvalue weighted by atomic mass is 19.4. The highest BCUT2D eigenvalue weighted by molar-refractivity contribution is 6.00. The minimum Gasteiger partial charge on any atom is -0.342 e. The van der Waals surface area contributed by atoms with E-state index in [4.69, 9.17) is 4.52 Å². The summed E-state index contributed by atoms with van der Waals surface area (Å²) < 4.78 is 47.6. The number of hydrogen-bond donors (Lipinski definition) is 3. The molecule has 2 heterocycles. The first-order chi connectivity index (χ1) is 20.5. The van der Waals surface area contributed by atoms with Gasteiger partial charge in [0.25, 0.3) is 6.20 Å². The third-order valence-corrected chi connectivity index (χ3v) is 7.97. The molecule has 1 saturated heterocycles. The van der Waals surface area contributed by atoms with Gasteiger partial charge in [0, 0.05) is 43.2 Å². The van der Waals surface area contributed by atoms with Crippen LogP contribution in [0.3, 0.4) is 0 Å². The van der Waals surface area contributed by atoms with E-state index in [-0.39, 0.29) is 41.5 Å². The average molecular weight is 600 g/mol. The molecule has 13 heteroatoms.